The maximum Gasteiger partial charge on any atom is 0.0845 e. The lowest BCUT2D eigenvalue weighted by atomic mass is 10.3. The summed E-state index contributed by atoms with van der Waals surface area (Å²) < 4.78 is 0. The van der Waals surface area contributed by atoms with Gasteiger partial charge in [-0.15, -0.1) is 0 Å². The van der Waals surface area contributed by atoms with Crippen LogP contribution in [0.2, 0.25) is 0 Å². The minimum absolute atomic E-state index is 0.324. The highest BCUT2D eigenvalue weighted by Gasteiger charge is 1.92. The number of aliphatic hydroxyl groups excluding tert-OH is 1. The highest BCUT2D eigenvalue weighted by Crippen LogP contribution is 1.85. The first-order valence-electron chi connectivity index (χ1n) is 3.30. The van der Waals surface area contributed by atoms with Crippen LogP contribution in [0.1, 0.15) is 13.3 Å². The highest BCUT2D eigenvalue weighted by molar-refractivity contribution is 4.88. The zero-order valence-electron chi connectivity index (χ0n) is 6.09. The van der Waals surface area contributed by atoms with Gasteiger partial charge in [-0.2, -0.15) is 0 Å². The first-order valence-corrected chi connectivity index (χ1v) is 3.30. The molecule has 0 heterocycles. The summed E-state index contributed by atoms with van der Waals surface area (Å²) in [5, 5.41) is 11.9. The zero-order chi connectivity index (χ0) is 7.11. The number of aliphatic hydroxyl groups is 1. The average molecular weight is 129 g/mol. The van der Waals surface area contributed by atoms with Crippen molar-refractivity contribution in [3.05, 3.63) is 12.2 Å². The third kappa shape index (κ3) is 5.53. The van der Waals surface area contributed by atoms with Crippen molar-refractivity contribution < 1.29 is 5.11 Å². The van der Waals surface area contributed by atoms with Gasteiger partial charge in [-0.1, -0.05) is 19.1 Å². The van der Waals surface area contributed by atoms with E-state index in [2.05, 4.69) is 5.32 Å². The Morgan fingerprint density at radius 3 is 2.78 bits per heavy atom. The third-order valence-electron chi connectivity index (χ3n) is 1.01. The first-order chi connectivity index (χ1) is 4.31. The molecule has 2 heteroatoms. The van der Waals surface area contributed by atoms with E-state index in [4.69, 9.17) is 5.11 Å². The SMILES string of the molecule is CC/C=C/C(O)CNC. The number of allylic oxidation sites excluding steroid dienone is 1. The third-order valence-corrected chi connectivity index (χ3v) is 1.01. The molecular formula is C7H15NO. The molecule has 0 aliphatic heterocycles. The number of nitrogens with one attached hydrogen (secondary N) is 1. The molecule has 0 saturated heterocycles. The molecule has 0 rings (SSSR count). The molecule has 54 valence electrons. The van der Waals surface area contributed by atoms with Crippen LogP contribution in [0.3, 0.4) is 0 Å². The van der Waals surface area contributed by atoms with Crippen molar-refractivity contribution in [2.75, 3.05) is 13.6 Å². The molecule has 0 aromatic carbocycles. The van der Waals surface area contributed by atoms with Gasteiger partial charge < -0.3 is 10.4 Å². The summed E-state index contributed by atoms with van der Waals surface area (Å²) >= 11 is 0. The van der Waals surface area contributed by atoms with Crippen molar-refractivity contribution in [1.29, 1.82) is 0 Å². The van der Waals surface area contributed by atoms with Crippen LogP contribution in [0.4, 0.5) is 0 Å². The minimum Gasteiger partial charge on any atom is -0.388 e. The van der Waals surface area contributed by atoms with Crippen molar-refractivity contribution in [2.45, 2.75) is 19.4 Å². The largest absolute Gasteiger partial charge is 0.388 e. The topological polar surface area (TPSA) is 32.3 Å². The van der Waals surface area contributed by atoms with E-state index in [-0.39, 0.29) is 6.10 Å². The summed E-state index contributed by atoms with van der Waals surface area (Å²) in [6.07, 6.45) is 4.43. The summed E-state index contributed by atoms with van der Waals surface area (Å²) in [5.41, 5.74) is 0. The zero-order valence-corrected chi connectivity index (χ0v) is 6.09. The predicted molar refractivity (Wildman–Crippen MR) is 39.4 cm³/mol. The second-order valence-corrected chi connectivity index (χ2v) is 1.96. The van der Waals surface area contributed by atoms with Crippen molar-refractivity contribution >= 4 is 0 Å². The molecular weight excluding hydrogens is 114 g/mol. The summed E-state index contributed by atoms with van der Waals surface area (Å²) in [7, 11) is 1.82. The smallest absolute Gasteiger partial charge is 0.0845 e. The van der Waals surface area contributed by atoms with E-state index in [1.165, 1.54) is 0 Å². The summed E-state index contributed by atoms with van der Waals surface area (Å²) in [4.78, 5) is 0. The Morgan fingerprint density at radius 2 is 2.33 bits per heavy atom. The van der Waals surface area contributed by atoms with Crippen LogP contribution in [0.15, 0.2) is 12.2 Å². The Bertz CT molecular complexity index is 81.0. The molecule has 0 bridgehead atoms. The quantitative estimate of drug-likeness (QED) is 0.543. The van der Waals surface area contributed by atoms with Gasteiger partial charge in [-0.05, 0) is 13.5 Å². The Balaban J connectivity index is 3.25. The lowest BCUT2D eigenvalue weighted by Crippen LogP contribution is -2.21. The standard InChI is InChI=1S/C7H15NO/c1-3-4-5-7(9)6-8-2/h4-5,7-9H,3,6H2,1-2H3/b5-4+. The Kier molecular flexibility index (Phi) is 5.57. The van der Waals surface area contributed by atoms with Crippen molar-refractivity contribution in [3.8, 4) is 0 Å². The second-order valence-electron chi connectivity index (χ2n) is 1.96. The molecule has 0 amide bonds. The summed E-state index contributed by atoms with van der Waals surface area (Å²) in [5.74, 6) is 0. The van der Waals surface area contributed by atoms with E-state index >= 15 is 0 Å². The fourth-order valence-electron chi connectivity index (χ4n) is 0.570. The Morgan fingerprint density at radius 1 is 1.67 bits per heavy atom. The normalized spacial score (nSPS) is 14.6. The fourth-order valence-corrected chi connectivity index (χ4v) is 0.570. The summed E-state index contributed by atoms with van der Waals surface area (Å²) in [6, 6.07) is 0. The van der Waals surface area contributed by atoms with E-state index in [1.807, 2.05) is 20.0 Å². The maximum atomic E-state index is 9.03. The van der Waals surface area contributed by atoms with Gasteiger partial charge in [0.25, 0.3) is 0 Å². The number of hydrogen-bond acceptors (Lipinski definition) is 2. The van der Waals surface area contributed by atoms with Gasteiger partial charge in [0.2, 0.25) is 0 Å². The molecule has 0 aromatic heterocycles. The van der Waals surface area contributed by atoms with Crippen LogP contribution < -0.4 is 5.32 Å². The van der Waals surface area contributed by atoms with E-state index in [0.717, 1.165) is 6.42 Å². The first kappa shape index (κ1) is 8.66. The van der Waals surface area contributed by atoms with Gasteiger partial charge in [-0.3, -0.25) is 0 Å². The van der Waals surface area contributed by atoms with Crippen molar-refractivity contribution in [2.24, 2.45) is 0 Å². The lowest BCUT2D eigenvalue weighted by Gasteiger charge is -2.01. The van der Waals surface area contributed by atoms with E-state index in [0.29, 0.717) is 6.54 Å². The average Bonchev–Trinajstić information content (AvgIpc) is 1.85. The molecule has 1 unspecified atom stereocenters. The molecule has 1 atom stereocenters. The van der Waals surface area contributed by atoms with Gasteiger partial charge in [0, 0.05) is 6.54 Å². The van der Waals surface area contributed by atoms with Crippen LogP contribution in [-0.2, 0) is 0 Å². The van der Waals surface area contributed by atoms with Crippen LogP contribution in [0.25, 0.3) is 0 Å². The molecule has 0 aliphatic rings. The Labute approximate surface area is 56.6 Å². The van der Waals surface area contributed by atoms with Crippen LogP contribution in [0.5, 0.6) is 0 Å². The van der Waals surface area contributed by atoms with Crippen LogP contribution in [-0.4, -0.2) is 24.8 Å². The molecule has 0 spiro atoms. The van der Waals surface area contributed by atoms with E-state index < -0.39 is 0 Å². The molecule has 9 heavy (non-hydrogen) atoms. The van der Waals surface area contributed by atoms with E-state index in [1.54, 1.807) is 6.08 Å². The van der Waals surface area contributed by atoms with Gasteiger partial charge in [0.15, 0.2) is 0 Å². The molecule has 2 N–H and O–H groups in total. The fraction of sp³-hybridized carbons (Fsp3) is 0.714. The monoisotopic (exact) mass is 129 g/mol. The minimum atomic E-state index is -0.324. The molecule has 0 saturated carbocycles. The van der Waals surface area contributed by atoms with Gasteiger partial charge in [0.05, 0.1) is 6.10 Å². The molecule has 0 aliphatic carbocycles. The van der Waals surface area contributed by atoms with Gasteiger partial charge in [0.1, 0.15) is 0 Å². The van der Waals surface area contributed by atoms with Crippen molar-refractivity contribution in [3.63, 3.8) is 0 Å². The molecule has 0 aromatic rings. The molecule has 0 radical (unpaired) electrons. The predicted octanol–water partition coefficient (Wildman–Crippen LogP) is 0.533. The number of hydrogen-bond donors (Lipinski definition) is 2. The second kappa shape index (κ2) is 5.79. The van der Waals surface area contributed by atoms with E-state index in [9.17, 15) is 0 Å². The maximum absolute atomic E-state index is 9.03. The number of rotatable bonds is 4. The van der Waals surface area contributed by atoms with Gasteiger partial charge >= 0.3 is 0 Å². The number of likely N-dealkylation sites (N-methyl/N-ethyl adjacent to an activating group) is 1. The Hall–Kier alpha value is -0.340. The lowest BCUT2D eigenvalue weighted by molar-refractivity contribution is 0.222. The van der Waals surface area contributed by atoms with Crippen LogP contribution >= 0.6 is 0 Å². The van der Waals surface area contributed by atoms with Gasteiger partial charge in [-0.25, -0.2) is 0 Å². The van der Waals surface area contributed by atoms with Crippen molar-refractivity contribution in [1.82, 2.24) is 5.32 Å². The molecule has 0 fully saturated rings. The summed E-state index contributed by atoms with van der Waals surface area (Å²) in [6.45, 7) is 2.68. The molecule has 2 nitrogen and oxygen atoms in total. The highest BCUT2D eigenvalue weighted by atomic mass is 16.3. The van der Waals surface area contributed by atoms with Crippen LogP contribution in [0, 0.1) is 0 Å².